The van der Waals surface area contributed by atoms with Gasteiger partial charge in [0.15, 0.2) is 11.3 Å². The van der Waals surface area contributed by atoms with Gasteiger partial charge in [0.05, 0.1) is 18.8 Å². The highest BCUT2D eigenvalue weighted by molar-refractivity contribution is 5.86. The highest BCUT2D eigenvalue weighted by Crippen LogP contribution is 2.28. The van der Waals surface area contributed by atoms with Gasteiger partial charge in [0, 0.05) is 5.56 Å². The Balaban J connectivity index is 1.95. The maximum absolute atomic E-state index is 5.40. The lowest BCUT2D eigenvalue weighted by Gasteiger charge is -2.17. The van der Waals surface area contributed by atoms with Gasteiger partial charge in [0.1, 0.15) is 17.6 Å². The molecule has 2 N–H and O–H groups in total. The van der Waals surface area contributed by atoms with Gasteiger partial charge in [-0.2, -0.15) is 5.10 Å². The number of anilines is 1. The van der Waals surface area contributed by atoms with Crippen molar-refractivity contribution >= 4 is 16.9 Å². The number of hydrogen-bond donors (Lipinski definition) is 2. The fourth-order valence-corrected chi connectivity index (χ4v) is 2.36. The van der Waals surface area contributed by atoms with Crippen molar-refractivity contribution in [3.63, 3.8) is 0 Å². The molecule has 21 heavy (non-hydrogen) atoms. The number of aromatic nitrogens is 4. The molecule has 6 heteroatoms. The van der Waals surface area contributed by atoms with Gasteiger partial charge in [-0.15, -0.1) is 0 Å². The van der Waals surface area contributed by atoms with Crippen LogP contribution in [0.5, 0.6) is 5.75 Å². The number of para-hydroxylation sites is 1. The van der Waals surface area contributed by atoms with E-state index in [4.69, 9.17) is 4.74 Å². The van der Waals surface area contributed by atoms with Gasteiger partial charge < -0.3 is 10.1 Å². The zero-order valence-electron chi connectivity index (χ0n) is 12.2. The summed E-state index contributed by atoms with van der Waals surface area (Å²) < 4.78 is 5.40. The van der Waals surface area contributed by atoms with E-state index in [1.807, 2.05) is 31.2 Å². The largest absolute Gasteiger partial charge is 0.496 e. The van der Waals surface area contributed by atoms with Gasteiger partial charge in [-0.3, -0.25) is 5.10 Å². The normalized spacial score (nSPS) is 12.3. The van der Waals surface area contributed by atoms with Crippen LogP contribution in [-0.4, -0.2) is 27.3 Å². The quantitative estimate of drug-likeness (QED) is 0.770. The molecule has 3 rings (SSSR count). The Bertz CT molecular complexity index is 768. The molecule has 2 heterocycles. The summed E-state index contributed by atoms with van der Waals surface area (Å²) in [5, 5.41) is 10.6. The number of nitrogens with one attached hydrogen (secondary N) is 2. The third-order valence-corrected chi connectivity index (χ3v) is 3.47. The van der Waals surface area contributed by atoms with Gasteiger partial charge >= 0.3 is 0 Å². The standard InChI is InChI=1S/C15H17N5O/c1-9(11-6-4-5-7-12(11)21-3)18-15-14-13(16-8-17-15)10(2)19-20-14/h4-9H,1-3H3,(H,19,20)(H,16,17,18). The summed E-state index contributed by atoms with van der Waals surface area (Å²) >= 11 is 0. The molecule has 0 fully saturated rings. The topological polar surface area (TPSA) is 75.7 Å². The van der Waals surface area contributed by atoms with Crippen LogP contribution in [0.15, 0.2) is 30.6 Å². The lowest BCUT2D eigenvalue weighted by molar-refractivity contribution is 0.408. The second-order valence-electron chi connectivity index (χ2n) is 4.88. The highest BCUT2D eigenvalue weighted by Gasteiger charge is 2.15. The first-order chi connectivity index (χ1) is 10.2. The van der Waals surface area contributed by atoms with E-state index in [0.29, 0.717) is 5.82 Å². The van der Waals surface area contributed by atoms with Crippen LogP contribution >= 0.6 is 0 Å². The van der Waals surface area contributed by atoms with Gasteiger partial charge in [-0.25, -0.2) is 9.97 Å². The van der Waals surface area contributed by atoms with Crippen molar-refractivity contribution in [1.82, 2.24) is 20.2 Å². The molecule has 3 aromatic rings. The van der Waals surface area contributed by atoms with Crippen LogP contribution in [0.2, 0.25) is 0 Å². The van der Waals surface area contributed by atoms with Crippen molar-refractivity contribution in [3.8, 4) is 5.75 Å². The first-order valence-electron chi connectivity index (χ1n) is 6.76. The molecule has 0 amide bonds. The van der Waals surface area contributed by atoms with Gasteiger partial charge in [0.2, 0.25) is 0 Å². The Morgan fingerprint density at radius 3 is 2.81 bits per heavy atom. The number of methoxy groups -OCH3 is 1. The van der Waals surface area contributed by atoms with E-state index >= 15 is 0 Å². The van der Waals surface area contributed by atoms with Crippen LogP contribution in [0.4, 0.5) is 5.82 Å². The lowest BCUT2D eigenvalue weighted by atomic mass is 10.1. The molecular formula is C15H17N5O. The van der Waals surface area contributed by atoms with Gasteiger partial charge in [-0.1, -0.05) is 18.2 Å². The van der Waals surface area contributed by atoms with E-state index in [1.54, 1.807) is 13.4 Å². The average molecular weight is 283 g/mol. The Hall–Kier alpha value is -2.63. The summed E-state index contributed by atoms with van der Waals surface area (Å²) in [6.45, 7) is 4.00. The summed E-state index contributed by atoms with van der Waals surface area (Å²) in [6.07, 6.45) is 1.54. The number of aryl methyl sites for hydroxylation is 1. The molecule has 108 valence electrons. The zero-order chi connectivity index (χ0) is 14.8. The summed E-state index contributed by atoms with van der Waals surface area (Å²) in [6, 6.07) is 7.96. The van der Waals surface area contributed by atoms with Crippen molar-refractivity contribution in [2.24, 2.45) is 0 Å². The minimum Gasteiger partial charge on any atom is -0.496 e. The van der Waals surface area contributed by atoms with E-state index < -0.39 is 0 Å². The Morgan fingerprint density at radius 2 is 2.00 bits per heavy atom. The SMILES string of the molecule is COc1ccccc1C(C)Nc1ncnc2c(C)[nH]nc12. The lowest BCUT2D eigenvalue weighted by Crippen LogP contribution is -2.10. The number of benzene rings is 1. The maximum atomic E-state index is 5.40. The van der Waals surface area contributed by atoms with Crippen molar-refractivity contribution in [3.05, 3.63) is 41.9 Å². The van der Waals surface area contributed by atoms with Crippen molar-refractivity contribution < 1.29 is 4.74 Å². The van der Waals surface area contributed by atoms with Crippen molar-refractivity contribution in [2.75, 3.05) is 12.4 Å². The number of ether oxygens (including phenoxy) is 1. The Morgan fingerprint density at radius 1 is 1.19 bits per heavy atom. The van der Waals surface area contributed by atoms with E-state index in [0.717, 1.165) is 28.0 Å². The molecule has 1 atom stereocenters. The molecule has 1 aromatic carbocycles. The molecule has 0 radical (unpaired) electrons. The van der Waals surface area contributed by atoms with Crippen LogP contribution in [-0.2, 0) is 0 Å². The molecule has 1 unspecified atom stereocenters. The second kappa shape index (κ2) is 5.40. The monoisotopic (exact) mass is 283 g/mol. The fraction of sp³-hybridized carbons (Fsp3) is 0.267. The Kier molecular flexibility index (Phi) is 3.43. The Labute approximate surface area is 122 Å². The third-order valence-electron chi connectivity index (χ3n) is 3.47. The molecule has 0 aliphatic rings. The highest BCUT2D eigenvalue weighted by atomic mass is 16.5. The summed E-state index contributed by atoms with van der Waals surface area (Å²) in [5.41, 5.74) is 3.58. The first kappa shape index (κ1) is 13.4. The number of aromatic amines is 1. The molecular weight excluding hydrogens is 266 g/mol. The fourth-order valence-electron chi connectivity index (χ4n) is 2.36. The minimum absolute atomic E-state index is 0.0382. The second-order valence-corrected chi connectivity index (χ2v) is 4.88. The average Bonchev–Trinajstić information content (AvgIpc) is 2.90. The number of H-pyrrole nitrogens is 1. The molecule has 0 saturated heterocycles. The van der Waals surface area contributed by atoms with E-state index in [9.17, 15) is 0 Å². The zero-order valence-corrected chi connectivity index (χ0v) is 12.2. The molecule has 0 aliphatic carbocycles. The molecule has 2 aromatic heterocycles. The van der Waals surface area contributed by atoms with Crippen molar-refractivity contribution in [2.45, 2.75) is 19.9 Å². The number of nitrogens with zero attached hydrogens (tertiary/aromatic N) is 3. The van der Waals surface area contributed by atoms with E-state index in [-0.39, 0.29) is 6.04 Å². The summed E-state index contributed by atoms with van der Waals surface area (Å²) in [7, 11) is 1.67. The van der Waals surface area contributed by atoms with E-state index in [1.165, 1.54) is 0 Å². The molecule has 0 saturated carbocycles. The van der Waals surface area contributed by atoms with E-state index in [2.05, 4.69) is 32.4 Å². The maximum Gasteiger partial charge on any atom is 0.158 e. The van der Waals surface area contributed by atoms with Crippen LogP contribution in [0.25, 0.3) is 11.0 Å². The van der Waals surface area contributed by atoms with Crippen molar-refractivity contribution in [1.29, 1.82) is 0 Å². The summed E-state index contributed by atoms with van der Waals surface area (Å²) in [5.74, 6) is 1.56. The number of fused-ring (bicyclic) bond motifs is 1. The molecule has 0 bridgehead atoms. The van der Waals surface area contributed by atoms with Crippen LogP contribution in [0.1, 0.15) is 24.2 Å². The first-order valence-corrected chi connectivity index (χ1v) is 6.76. The minimum atomic E-state index is 0.0382. The number of rotatable bonds is 4. The predicted molar refractivity (Wildman–Crippen MR) is 81.5 cm³/mol. The van der Waals surface area contributed by atoms with Crippen LogP contribution < -0.4 is 10.1 Å². The predicted octanol–water partition coefficient (Wildman–Crippen LogP) is 2.84. The number of hydrogen-bond acceptors (Lipinski definition) is 5. The summed E-state index contributed by atoms with van der Waals surface area (Å²) in [4.78, 5) is 8.54. The molecule has 0 aliphatic heterocycles. The van der Waals surface area contributed by atoms with Crippen LogP contribution in [0, 0.1) is 6.92 Å². The third kappa shape index (κ3) is 2.40. The smallest absolute Gasteiger partial charge is 0.158 e. The molecule has 6 nitrogen and oxygen atoms in total. The van der Waals surface area contributed by atoms with Gasteiger partial charge in [-0.05, 0) is 19.9 Å². The van der Waals surface area contributed by atoms with Gasteiger partial charge in [0.25, 0.3) is 0 Å². The van der Waals surface area contributed by atoms with Crippen LogP contribution in [0.3, 0.4) is 0 Å². The molecule has 0 spiro atoms.